The van der Waals surface area contributed by atoms with Gasteiger partial charge in [0.25, 0.3) is 0 Å². The van der Waals surface area contributed by atoms with Crippen molar-refractivity contribution in [3.05, 3.63) is 29.8 Å². The third-order valence-electron chi connectivity index (χ3n) is 3.44. The Morgan fingerprint density at radius 3 is 2.61 bits per heavy atom. The van der Waals surface area contributed by atoms with Crippen molar-refractivity contribution >= 4 is 11.5 Å². The maximum absolute atomic E-state index is 7.70. The van der Waals surface area contributed by atoms with Crippen LogP contribution in [0.4, 0.5) is 5.69 Å². The molecule has 0 aromatic heterocycles. The lowest BCUT2D eigenvalue weighted by atomic mass is 10.1. The minimum atomic E-state index is 0.167. The number of nitrogens with two attached hydrogens (primary N) is 1. The van der Waals surface area contributed by atoms with Crippen molar-refractivity contribution in [1.29, 1.82) is 5.41 Å². The SMILES string of the molecule is CC(C)CCN(c1ccccc1C(=N)N)C1CC1. The Balaban J connectivity index is 2.22. The lowest BCUT2D eigenvalue weighted by molar-refractivity contribution is 0.570. The van der Waals surface area contributed by atoms with Gasteiger partial charge in [0.2, 0.25) is 0 Å². The zero-order valence-electron chi connectivity index (χ0n) is 11.3. The summed E-state index contributed by atoms with van der Waals surface area (Å²) in [5, 5.41) is 7.70. The molecule has 3 nitrogen and oxygen atoms in total. The van der Waals surface area contributed by atoms with Gasteiger partial charge in [-0.25, -0.2) is 0 Å². The fourth-order valence-electron chi connectivity index (χ4n) is 2.24. The second-order valence-corrected chi connectivity index (χ2v) is 5.54. The van der Waals surface area contributed by atoms with E-state index in [1.807, 2.05) is 18.2 Å². The summed E-state index contributed by atoms with van der Waals surface area (Å²) in [6.45, 7) is 5.57. The van der Waals surface area contributed by atoms with Crippen LogP contribution in [0, 0.1) is 11.3 Å². The third kappa shape index (κ3) is 3.03. The molecular formula is C15H23N3. The fraction of sp³-hybridized carbons (Fsp3) is 0.533. The molecule has 1 aromatic carbocycles. The first-order chi connectivity index (χ1) is 8.59. The molecule has 1 saturated carbocycles. The van der Waals surface area contributed by atoms with Gasteiger partial charge in [0.05, 0.1) is 0 Å². The second-order valence-electron chi connectivity index (χ2n) is 5.54. The molecule has 1 aliphatic rings. The highest BCUT2D eigenvalue weighted by molar-refractivity contribution is 6.00. The molecule has 3 heteroatoms. The molecule has 0 amide bonds. The number of rotatable bonds is 6. The molecule has 0 saturated heterocycles. The van der Waals surface area contributed by atoms with Crippen LogP contribution in [0.2, 0.25) is 0 Å². The molecule has 0 aliphatic heterocycles. The van der Waals surface area contributed by atoms with Crippen molar-refractivity contribution in [3.8, 4) is 0 Å². The van der Waals surface area contributed by atoms with Gasteiger partial charge in [-0.05, 0) is 37.3 Å². The maximum atomic E-state index is 7.70. The molecule has 98 valence electrons. The van der Waals surface area contributed by atoms with E-state index in [4.69, 9.17) is 11.1 Å². The molecule has 0 heterocycles. The summed E-state index contributed by atoms with van der Waals surface area (Å²) in [5.41, 5.74) is 7.69. The number of nitrogens with one attached hydrogen (secondary N) is 1. The van der Waals surface area contributed by atoms with Gasteiger partial charge in [-0.2, -0.15) is 0 Å². The monoisotopic (exact) mass is 245 g/mol. The Hall–Kier alpha value is -1.51. The van der Waals surface area contributed by atoms with E-state index in [2.05, 4.69) is 24.8 Å². The normalized spacial score (nSPS) is 14.8. The summed E-state index contributed by atoms with van der Waals surface area (Å²) >= 11 is 0. The molecule has 18 heavy (non-hydrogen) atoms. The van der Waals surface area contributed by atoms with E-state index in [9.17, 15) is 0 Å². The van der Waals surface area contributed by atoms with E-state index in [-0.39, 0.29) is 5.84 Å². The standard InChI is InChI=1S/C15H23N3/c1-11(2)9-10-18(12-7-8-12)14-6-4-3-5-13(14)15(16)17/h3-6,11-12H,7-10H2,1-2H3,(H3,16,17). The Labute approximate surface area is 109 Å². The van der Waals surface area contributed by atoms with Gasteiger partial charge in [0.1, 0.15) is 5.84 Å². The zero-order valence-corrected chi connectivity index (χ0v) is 11.3. The van der Waals surface area contributed by atoms with Gasteiger partial charge in [-0.15, -0.1) is 0 Å². The van der Waals surface area contributed by atoms with Crippen molar-refractivity contribution in [2.75, 3.05) is 11.4 Å². The van der Waals surface area contributed by atoms with E-state index in [1.54, 1.807) is 0 Å². The molecule has 1 aromatic rings. The predicted octanol–water partition coefficient (Wildman–Crippen LogP) is 2.99. The van der Waals surface area contributed by atoms with Crippen LogP contribution in [0.15, 0.2) is 24.3 Å². The van der Waals surface area contributed by atoms with Crippen molar-refractivity contribution in [2.45, 2.75) is 39.2 Å². The highest BCUT2D eigenvalue weighted by Crippen LogP contribution is 2.33. The van der Waals surface area contributed by atoms with Crippen LogP contribution >= 0.6 is 0 Å². The summed E-state index contributed by atoms with van der Waals surface area (Å²) in [5.74, 6) is 0.872. The lowest BCUT2D eigenvalue weighted by Crippen LogP contribution is -2.30. The number of amidine groups is 1. The van der Waals surface area contributed by atoms with Crippen LogP contribution in [0.25, 0.3) is 0 Å². The minimum absolute atomic E-state index is 0.167. The first-order valence-corrected chi connectivity index (χ1v) is 6.79. The van der Waals surface area contributed by atoms with E-state index < -0.39 is 0 Å². The number of benzene rings is 1. The van der Waals surface area contributed by atoms with Crippen LogP contribution in [-0.2, 0) is 0 Å². The topological polar surface area (TPSA) is 53.1 Å². The molecule has 0 unspecified atom stereocenters. The molecule has 3 N–H and O–H groups in total. The average Bonchev–Trinajstić information content (AvgIpc) is 3.14. The number of anilines is 1. The zero-order chi connectivity index (χ0) is 13.1. The number of nitrogen functional groups attached to an aromatic ring is 1. The first kappa shape index (κ1) is 12.9. The lowest BCUT2D eigenvalue weighted by Gasteiger charge is -2.27. The predicted molar refractivity (Wildman–Crippen MR) is 77.3 cm³/mol. The van der Waals surface area contributed by atoms with Gasteiger partial charge in [0.15, 0.2) is 0 Å². The highest BCUT2D eigenvalue weighted by Gasteiger charge is 2.30. The summed E-state index contributed by atoms with van der Waals surface area (Å²) in [7, 11) is 0. The van der Waals surface area contributed by atoms with Gasteiger partial charge in [-0.3, -0.25) is 5.41 Å². The number of nitrogens with zero attached hydrogens (tertiary/aromatic N) is 1. The molecule has 1 aliphatic carbocycles. The Morgan fingerprint density at radius 2 is 2.06 bits per heavy atom. The summed E-state index contributed by atoms with van der Waals surface area (Å²) in [4.78, 5) is 2.44. The summed E-state index contributed by atoms with van der Waals surface area (Å²) in [6, 6.07) is 8.68. The van der Waals surface area contributed by atoms with E-state index in [0.717, 1.165) is 17.8 Å². The fourth-order valence-corrected chi connectivity index (χ4v) is 2.24. The van der Waals surface area contributed by atoms with Crippen molar-refractivity contribution in [1.82, 2.24) is 0 Å². The van der Waals surface area contributed by atoms with Crippen LogP contribution in [0.5, 0.6) is 0 Å². The van der Waals surface area contributed by atoms with Crippen molar-refractivity contribution < 1.29 is 0 Å². The minimum Gasteiger partial charge on any atom is -0.384 e. The van der Waals surface area contributed by atoms with Crippen LogP contribution in [0.3, 0.4) is 0 Å². The van der Waals surface area contributed by atoms with E-state index in [0.29, 0.717) is 12.0 Å². The molecular weight excluding hydrogens is 222 g/mol. The maximum Gasteiger partial charge on any atom is 0.124 e. The van der Waals surface area contributed by atoms with Crippen molar-refractivity contribution in [2.24, 2.45) is 11.7 Å². The Bertz CT molecular complexity index is 422. The molecule has 0 spiro atoms. The quantitative estimate of drug-likeness (QED) is 0.598. The van der Waals surface area contributed by atoms with Crippen LogP contribution in [0.1, 0.15) is 38.7 Å². The smallest absolute Gasteiger partial charge is 0.124 e. The average molecular weight is 245 g/mol. The number of hydrogen-bond acceptors (Lipinski definition) is 2. The van der Waals surface area contributed by atoms with E-state index in [1.165, 1.54) is 19.3 Å². The number of para-hydroxylation sites is 1. The second kappa shape index (κ2) is 5.42. The third-order valence-corrected chi connectivity index (χ3v) is 3.44. The van der Waals surface area contributed by atoms with Crippen LogP contribution in [-0.4, -0.2) is 18.4 Å². The Kier molecular flexibility index (Phi) is 3.90. The molecule has 0 bridgehead atoms. The van der Waals surface area contributed by atoms with Gasteiger partial charge in [-0.1, -0.05) is 26.0 Å². The van der Waals surface area contributed by atoms with Gasteiger partial charge >= 0.3 is 0 Å². The molecule has 1 fully saturated rings. The molecule has 2 rings (SSSR count). The molecule has 0 atom stereocenters. The first-order valence-electron chi connectivity index (χ1n) is 6.79. The molecule has 0 radical (unpaired) electrons. The Morgan fingerprint density at radius 1 is 1.39 bits per heavy atom. The van der Waals surface area contributed by atoms with Crippen molar-refractivity contribution in [3.63, 3.8) is 0 Å². The summed E-state index contributed by atoms with van der Waals surface area (Å²) in [6.07, 6.45) is 3.72. The highest BCUT2D eigenvalue weighted by atomic mass is 15.2. The van der Waals surface area contributed by atoms with Gasteiger partial charge < -0.3 is 10.6 Å². The number of hydrogen-bond donors (Lipinski definition) is 2. The van der Waals surface area contributed by atoms with Gasteiger partial charge in [0, 0.05) is 23.8 Å². The van der Waals surface area contributed by atoms with Crippen LogP contribution < -0.4 is 10.6 Å². The summed E-state index contributed by atoms with van der Waals surface area (Å²) < 4.78 is 0. The largest absolute Gasteiger partial charge is 0.384 e. The van der Waals surface area contributed by atoms with E-state index >= 15 is 0 Å².